The minimum Gasteiger partial charge on any atom is -0.447 e. The number of carbonyl (C=O) groups is 2. The van der Waals surface area contributed by atoms with E-state index in [0.29, 0.717) is 30.0 Å². The number of nitrogens with zero attached hydrogens (tertiary/aromatic N) is 2. The number of fused-ring (bicyclic) bond motifs is 1. The van der Waals surface area contributed by atoms with E-state index in [1.807, 2.05) is 37.3 Å². The minimum absolute atomic E-state index is 0.0425. The van der Waals surface area contributed by atoms with Crippen molar-refractivity contribution in [2.24, 2.45) is 0 Å². The van der Waals surface area contributed by atoms with Gasteiger partial charge in [0.05, 0.1) is 18.7 Å². The number of rotatable bonds is 7. The lowest BCUT2D eigenvalue weighted by Gasteiger charge is -2.26. The molecule has 164 valence electrons. The first-order chi connectivity index (χ1) is 14.9. The van der Waals surface area contributed by atoms with Crippen LogP contribution in [0.5, 0.6) is 0 Å². The number of benzene rings is 1. The fourth-order valence-corrected chi connectivity index (χ4v) is 4.66. The second kappa shape index (κ2) is 10.4. The normalized spacial score (nSPS) is 14.8. The van der Waals surface area contributed by atoms with Gasteiger partial charge in [-0.1, -0.05) is 37.3 Å². The van der Waals surface area contributed by atoms with Crippen LogP contribution in [0.2, 0.25) is 0 Å². The Balaban J connectivity index is 1.65. The molecule has 0 spiro atoms. The maximum atomic E-state index is 12.6. The van der Waals surface area contributed by atoms with Gasteiger partial charge in [-0.2, -0.15) is 5.26 Å². The van der Waals surface area contributed by atoms with E-state index in [1.54, 1.807) is 0 Å². The Hall–Kier alpha value is -2.93. The van der Waals surface area contributed by atoms with Crippen molar-refractivity contribution in [1.29, 1.82) is 5.26 Å². The van der Waals surface area contributed by atoms with Crippen molar-refractivity contribution in [2.45, 2.75) is 38.3 Å². The molecule has 2 aromatic rings. The zero-order valence-corrected chi connectivity index (χ0v) is 18.0. The van der Waals surface area contributed by atoms with Gasteiger partial charge in [0.25, 0.3) is 0 Å². The molecule has 0 saturated heterocycles. The largest absolute Gasteiger partial charge is 0.447 e. The monoisotopic (exact) mass is 443 g/mol. The average molecular weight is 444 g/mol. The topological polar surface area (TPSA) is 123 Å². The van der Waals surface area contributed by atoms with E-state index in [1.165, 1.54) is 16.2 Å². The molecule has 2 atom stereocenters. The summed E-state index contributed by atoms with van der Waals surface area (Å²) in [5, 5.41) is 31.2. The lowest BCUT2D eigenvalue weighted by Crippen LogP contribution is -2.37. The van der Waals surface area contributed by atoms with Crippen LogP contribution in [0, 0.1) is 11.3 Å². The van der Waals surface area contributed by atoms with Crippen LogP contribution in [0.4, 0.5) is 9.80 Å². The molecule has 1 aliphatic heterocycles. The van der Waals surface area contributed by atoms with Gasteiger partial charge in [-0.15, -0.1) is 11.3 Å². The van der Waals surface area contributed by atoms with Gasteiger partial charge in [-0.3, -0.25) is 4.79 Å². The van der Waals surface area contributed by atoms with Gasteiger partial charge >= 0.3 is 6.09 Å². The second-order valence-corrected chi connectivity index (χ2v) is 8.57. The lowest BCUT2D eigenvalue weighted by atomic mass is 9.97. The fourth-order valence-electron chi connectivity index (χ4n) is 3.43. The van der Waals surface area contributed by atoms with Gasteiger partial charge in [0.1, 0.15) is 23.8 Å². The van der Waals surface area contributed by atoms with E-state index in [9.17, 15) is 20.0 Å². The summed E-state index contributed by atoms with van der Waals surface area (Å²) in [5.74, 6) is -0.124. The molecule has 3 rings (SSSR count). The Morgan fingerprint density at radius 3 is 2.77 bits per heavy atom. The average Bonchev–Trinajstić information content (AvgIpc) is 3.13. The Labute approximate surface area is 184 Å². The van der Waals surface area contributed by atoms with Crippen molar-refractivity contribution in [3.63, 3.8) is 0 Å². The highest BCUT2D eigenvalue weighted by Gasteiger charge is 2.28. The molecule has 0 saturated carbocycles. The molecule has 0 fully saturated rings. The quantitative estimate of drug-likeness (QED) is 0.604. The van der Waals surface area contributed by atoms with E-state index in [4.69, 9.17) is 9.84 Å². The first-order valence-electron chi connectivity index (χ1n) is 10.0. The molecule has 2 heterocycles. The van der Waals surface area contributed by atoms with E-state index in [0.717, 1.165) is 16.0 Å². The number of hydrogen-bond donors (Lipinski definition) is 3. The number of hydrogen-bond acceptors (Lipinski definition) is 7. The number of ether oxygens (including phenoxy) is 1. The number of nitriles is 1. The summed E-state index contributed by atoms with van der Waals surface area (Å²) in [4.78, 5) is 27.1. The number of nitrogens with one attached hydrogen (secondary N) is 1. The summed E-state index contributed by atoms with van der Waals surface area (Å²) in [6.07, 6.45) is -0.935. The van der Waals surface area contributed by atoms with Crippen molar-refractivity contribution >= 4 is 28.3 Å². The molecule has 8 nitrogen and oxygen atoms in total. The predicted molar refractivity (Wildman–Crippen MR) is 116 cm³/mol. The predicted octanol–water partition coefficient (Wildman–Crippen LogP) is 2.60. The van der Waals surface area contributed by atoms with Crippen LogP contribution in [0.15, 0.2) is 30.3 Å². The Bertz CT molecular complexity index is 970. The third-order valence-electron chi connectivity index (χ3n) is 5.15. The van der Waals surface area contributed by atoms with Crippen LogP contribution in [0.1, 0.15) is 40.8 Å². The van der Waals surface area contributed by atoms with Crippen molar-refractivity contribution in [3.05, 3.63) is 51.9 Å². The Morgan fingerprint density at radius 2 is 2.10 bits per heavy atom. The molecule has 0 bridgehead atoms. The number of thiophene rings is 1. The van der Waals surface area contributed by atoms with Crippen LogP contribution in [-0.4, -0.2) is 53.0 Å². The molecular weight excluding hydrogens is 418 g/mol. The van der Waals surface area contributed by atoms with Gasteiger partial charge < -0.3 is 25.2 Å². The zero-order valence-electron chi connectivity index (χ0n) is 17.2. The van der Waals surface area contributed by atoms with Crippen LogP contribution in [-0.2, 0) is 22.5 Å². The summed E-state index contributed by atoms with van der Waals surface area (Å²) in [6, 6.07) is 12.0. The molecular formula is C22H25N3O5S. The van der Waals surface area contributed by atoms with Crippen LogP contribution in [0.25, 0.3) is 0 Å². The zero-order chi connectivity index (χ0) is 22.4. The molecule has 2 unspecified atom stereocenters. The molecule has 1 aromatic carbocycles. The van der Waals surface area contributed by atoms with Crippen molar-refractivity contribution in [1.82, 2.24) is 4.90 Å². The minimum atomic E-state index is -1.11. The highest BCUT2D eigenvalue weighted by Crippen LogP contribution is 2.37. The SMILES string of the molecule is CC(CC(=O)Nc1sc2c(c1C#N)CCN(C(=O)OCC(O)CO)C2)c1ccccc1. The summed E-state index contributed by atoms with van der Waals surface area (Å²) in [6.45, 7) is 1.84. The standard InChI is InChI=1S/C22H25N3O5S/c1-14(15-5-3-2-4-6-15)9-20(28)24-21-18(10-23)17-7-8-25(11-19(17)31-21)22(29)30-13-16(27)12-26/h2-6,14,16,26-27H,7-9,11-13H2,1H3,(H,24,28). The van der Waals surface area contributed by atoms with Crippen molar-refractivity contribution in [2.75, 3.05) is 25.1 Å². The van der Waals surface area contributed by atoms with Gasteiger partial charge in [0.2, 0.25) is 5.91 Å². The molecule has 2 amide bonds. The summed E-state index contributed by atoms with van der Waals surface area (Å²) < 4.78 is 5.01. The first kappa shape index (κ1) is 22.7. The number of aliphatic hydroxyl groups excluding tert-OH is 2. The molecule has 0 radical (unpaired) electrons. The summed E-state index contributed by atoms with van der Waals surface area (Å²) >= 11 is 1.29. The Kier molecular flexibility index (Phi) is 7.63. The number of aliphatic hydroxyl groups is 2. The second-order valence-electron chi connectivity index (χ2n) is 7.47. The fraction of sp³-hybridized carbons (Fsp3) is 0.409. The highest BCUT2D eigenvalue weighted by atomic mass is 32.1. The summed E-state index contributed by atoms with van der Waals surface area (Å²) in [5.41, 5.74) is 2.37. The number of carbonyl (C=O) groups excluding carboxylic acids is 2. The third kappa shape index (κ3) is 5.61. The number of anilines is 1. The highest BCUT2D eigenvalue weighted by molar-refractivity contribution is 7.16. The smallest absolute Gasteiger partial charge is 0.410 e. The van der Waals surface area contributed by atoms with Gasteiger partial charge in [-0.05, 0) is 23.5 Å². The molecule has 1 aromatic heterocycles. The van der Waals surface area contributed by atoms with Gasteiger partial charge in [0, 0.05) is 17.8 Å². The van der Waals surface area contributed by atoms with Crippen molar-refractivity contribution < 1.29 is 24.5 Å². The third-order valence-corrected chi connectivity index (χ3v) is 6.28. The molecule has 3 N–H and O–H groups in total. The van der Waals surface area contributed by atoms with E-state index in [-0.39, 0.29) is 25.0 Å². The van der Waals surface area contributed by atoms with E-state index in [2.05, 4.69) is 11.4 Å². The molecule has 0 aliphatic carbocycles. The number of amides is 2. The maximum Gasteiger partial charge on any atom is 0.410 e. The first-order valence-corrected chi connectivity index (χ1v) is 10.8. The summed E-state index contributed by atoms with van der Waals surface area (Å²) in [7, 11) is 0. The van der Waals surface area contributed by atoms with Gasteiger partial charge in [0.15, 0.2) is 0 Å². The molecule has 9 heteroatoms. The van der Waals surface area contributed by atoms with Crippen LogP contribution >= 0.6 is 11.3 Å². The molecule has 1 aliphatic rings. The lowest BCUT2D eigenvalue weighted by molar-refractivity contribution is -0.116. The Morgan fingerprint density at radius 1 is 1.35 bits per heavy atom. The van der Waals surface area contributed by atoms with Crippen LogP contribution in [0.3, 0.4) is 0 Å². The van der Waals surface area contributed by atoms with Crippen LogP contribution < -0.4 is 5.32 Å². The van der Waals surface area contributed by atoms with Gasteiger partial charge in [-0.25, -0.2) is 4.79 Å². The molecule has 31 heavy (non-hydrogen) atoms. The van der Waals surface area contributed by atoms with Crippen molar-refractivity contribution in [3.8, 4) is 6.07 Å². The van der Waals surface area contributed by atoms with E-state index < -0.39 is 18.8 Å². The van der Waals surface area contributed by atoms with E-state index >= 15 is 0 Å². The maximum absolute atomic E-state index is 12.6.